The summed E-state index contributed by atoms with van der Waals surface area (Å²) in [5.41, 5.74) is 5.19. The van der Waals surface area contributed by atoms with Crippen LogP contribution >= 0.6 is 0 Å². The van der Waals surface area contributed by atoms with Gasteiger partial charge in [0.1, 0.15) is 6.04 Å². The molecule has 2 aliphatic carbocycles. The number of carbonyl (C=O) groups excluding carboxylic acids is 2. The lowest BCUT2D eigenvalue weighted by atomic mass is 9.97. The Morgan fingerprint density at radius 1 is 1.13 bits per heavy atom. The molecule has 1 heterocycles. The molecule has 4 atom stereocenters. The molecule has 1 aliphatic heterocycles. The molecular weight excluding hydrogens is 374 g/mol. The van der Waals surface area contributed by atoms with Crippen LogP contribution < -0.4 is 10.6 Å². The van der Waals surface area contributed by atoms with E-state index in [0.29, 0.717) is 24.8 Å². The van der Waals surface area contributed by atoms with Gasteiger partial charge in [-0.2, -0.15) is 5.26 Å². The average molecular weight is 399 g/mol. The van der Waals surface area contributed by atoms with Gasteiger partial charge in [-0.15, -0.1) is 0 Å². The van der Waals surface area contributed by atoms with Crippen molar-refractivity contribution >= 4 is 11.7 Å². The third-order valence-electron chi connectivity index (χ3n) is 6.87. The van der Waals surface area contributed by atoms with Gasteiger partial charge in [-0.25, -0.2) is 0 Å². The molecule has 2 bridgehead atoms. The van der Waals surface area contributed by atoms with E-state index >= 15 is 0 Å². The fourth-order valence-electron chi connectivity index (χ4n) is 5.24. The minimum absolute atomic E-state index is 0.0435. The van der Waals surface area contributed by atoms with E-state index in [2.05, 4.69) is 22.8 Å². The summed E-state index contributed by atoms with van der Waals surface area (Å²) in [5.74, 6) is 0.603. The Hall–Kier alpha value is -2.97. The molecular formula is C25H25N3O2. The standard InChI is InChI=1S/C25H25N3O2/c26-14-21(28-25(30)24-19-5-8-20(13-19)27-24)11-15-1-3-16(4-2-15)17-6-9-22-18(12-17)7-10-23(22)29/h1-4,6,9,12,19-21,24,27H,5,7-8,10-11,13H2,(H,28,30)/t19-,20+,21-,24-/m0/s1. The molecule has 0 radical (unpaired) electrons. The van der Waals surface area contributed by atoms with E-state index in [1.54, 1.807) is 0 Å². The van der Waals surface area contributed by atoms with Crippen molar-refractivity contribution in [2.75, 3.05) is 0 Å². The molecule has 152 valence electrons. The van der Waals surface area contributed by atoms with E-state index < -0.39 is 6.04 Å². The Balaban J connectivity index is 1.23. The maximum atomic E-state index is 12.6. The first-order valence-corrected chi connectivity index (χ1v) is 10.8. The highest BCUT2D eigenvalue weighted by atomic mass is 16.2. The maximum Gasteiger partial charge on any atom is 0.238 e. The summed E-state index contributed by atoms with van der Waals surface area (Å²) >= 11 is 0. The Morgan fingerprint density at radius 2 is 1.93 bits per heavy atom. The lowest BCUT2D eigenvalue weighted by Crippen LogP contribution is -2.50. The molecule has 1 saturated carbocycles. The van der Waals surface area contributed by atoms with E-state index in [1.807, 2.05) is 36.4 Å². The van der Waals surface area contributed by atoms with Gasteiger partial charge in [-0.3, -0.25) is 9.59 Å². The summed E-state index contributed by atoms with van der Waals surface area (Å²) in [6.07, 6.45) is 5.25. The van der Waals surface area contributed by atoms with Crippen LogP contribution in [-0.4, -0.2) is 29.8 Å². The van der Waals surface area contributed by atoms with Crippen LogP contribution in [0, 0.1) is 17.2 Å². The van der Waals surface area contributed by atoms with Crippen LogP contribution in [0.3, 0.4) is 0 Å². The topological polar surface area (TPSA) is 82.0 Å². The molecule has 2 N–H and O–H groups in total. The van der Waals surface area contributed by atoms with Gasteiger partial charge in [0.15, 0.2) is 5.78 Å². The molecule has 30 heavy (non-hydrogen) atoms. The zero-order valence-corrected chi connectivity index (χ0v) is 16.9. The van der Waals surface area contributed by atoms with E-state index in [0.717, 1.165) is 53.5 Å². The van der Waals surface area contributed by atoms with E-state index in [1.165, 1.54) is 0 Å². The van der Waals surface area contributed by atoms with Gasteiger partial charge < -0.3 is 10.6 Å². The molecule has 1 saturated heterocycles. The maximum absolute atomic E-state index is 12.6. The minimum atomic E-state index is -0.532. The number of rotatable bonds is 5. The molecule has 0 aromatic heterocycles. The average Bonchev–Trinajstić information content (AvgIpc) is 3.50. The number of nitriles is 1. The minimum Gasteiger partial charge on any atom is -0.339 e. The summed E-state index contributed by atoms with van der Waals surface area (Å²) in [7, 11) is 0. The van der Waals surface area contributed by atoms with Crippen LogP contribution in [0.15, 0.2) is 42.5 Å². The third-order valence-corrected chi connectivity index (χ3v) is 6.87. The summed E-state index contributed by atoms with van der Waals surface area (Å²) in [5, 5.41) is 15.9. The number of carbonyl (C=O) groups is 2. The molecule has 1 amide bonds. The summed E-state index contributed by atoms with van der Waals surface area (Å²) in [6, 6.07) is 16.2. The Labute approximate surface area is 176 Å². The van der Waals surface area contributed by atoms with Crippen molar-refractivity contribution in [2.24, 2.45) is 5.92 Å². The van der Waals surface area contributed by atoms with Crippen LogP contribution in [0.2, 0.25) is 0 Å². The van der Waals surface area contributed by atoms with Crippen LogP contribution in [0.1, 0.15) is 47.2 Å². The van der Waals surface area contributed by atoms with Gasteiger partial charge in [-0.1, -0.05) is 42.5 Å². The highest BCUT2D eigenvalue weighted by molar-refractivity contribution is 6.00. The third kappa shape index (κ3) is 3.53. The van der Waals surface area contributed by atoms with Gasteiger partial charge in [0.2, 0.25) is 5.91 Å². The number of hydrogen-bond donors (Lipinski definition) is 2. The van der Waals surface area contributed by atoms with Gasteiger partial charge in [0, 0.05) is 24.4 Å². The van der Waals surface area contributed by atoms with Crippen LogP contribution in [0.5, 0.6) is 0 Å². The van der Waals surface area contributed by atoms with Gasteiger partial charge >= 0.3 is 0 Å². The van der Waals surface area contributed by atoms with Crippen molar-refractivity contribution in [3.63, 3.8) is 0 Å². The van der Waals surface area contributed by atoms with Crippen molar-refractivity contribution in [1.82, 2.24) is 10.6 Å². The van der Waals surface area contributed by atoms with E-state index in [9.17, 15) is 14.9 Å². The van der Waals surface area contributed by atoms with Crippen LogP contribution in [0.25, 0.3) is 11.1 Å². The van der Waals surface area contributed by atoms with Crippen LogP contribution in [-0.2, 0) is 17.6 Å². The zero-order chi connectivity index (χ0) is 20.7. The number of ketones is 1. The molecule has 5 nitrogen and oxygen atoms in total. The number of Topliss-reactive ketones (excluding diaryl/α,β-unsaturated/α-hetero) is 1. The smallest absolute Gasteiger partial charge is 0.238 e. The number of hydrogen-bond acceptors (Lipinski definition) is 4. The monoisotopic (exact) mass is 399 g/mol. The molecule has 2 fully saturated rings. The second-order valence-electron chi connectivity index (χ2n) is 8.80. The van der Waals surface area contributed by atoms with Crippen molar-refractivity contribution in [2.45, 2.75) is 56.7 Å². The lowest BCUT2D eigenvalue weighted by molar-refractivity contribution is -0.124. The number of fused-ring (bicyclic) bond motifs is 3. The molecule has 5 rings (SSSR count). The summed E-state index contributed by atoms with van der Waals surface area (Å²) < 4.78 is 0. The molecule has 5 heteroatoms. The van der Waals surface area contributed by atoms with Crippen molar-refractivity contribution < 1.29 is 9.59 Å². The predicted molar refractivity (Wildman–Crippen MR) is 114 cm³/mol. The van der Waals surface area contributed by atoms with E-state index in [4.69, 9.17) is 0 Å². The quantitative estimate of drug-likeness (QED) is 0.809. The Bertz CT molecular complexity index is 1040. The fourth-order valence-corrected chi connectivity index (χ4v) is 5.24. The number of benzene rings is 2. The largest absolute Gasteiger partial charge is 0.339 e. The first-order chi connectivity index (χ1) is 14.6. The van der Waals surface area contributed by atoms with E-state index in [-0.39, 0.29) is 17.7 Å². The number of aryl methyl sites for hydroxylation is 1. The predicted octanol–water partition coefficient (Wildman–Crippen LogP) is 3.17. The van der Waals surface area contributed by atoms with Gasteiger partial charge in [-0.05, 0) is 53.9 Å². The van der Waals surface area contributed by atoms with Gasteiger partial charge in [0.25, 0.3) is 0 Å². The highest BCUT2D eigenvalue weighted by Crippen LogP contribution is 2.35. The Morgan fingerprint density at radius 3 is 2.63 bits per heavy atom. The SMILES string of the molecule is N#C[C@H](Cc1ccc(-c2ccc3c(c2)CCC3=O)cc1)NC(=O)[C@H]1N[C@@H]2CC[C@H]1C2. The van der Waals surface area contributed by atoms with Crippen molar-refractivity contribution in [3.8, 4) is 17.2 Å². The second-order valence-corrected chi connectivity index (χ2v) is 8.80. The molecule has 0 spiro atoms. The molecule has 3 aliphatic rings. The zero-order valence-electron chi connectivity index (χ0n) is 16.9. The summed E-state index contributed by atoms with van der Waals surface area (Å²) in [6.45, 7) is 0. The number of piperidine rings is 1. The second kappa shape index (κ2) is 7.70. The number of nitrogens with one attached hydrogen (secondary N) is 2. The normalized spacial score (nSPS) is 25.0. The number of nitrogens with zero attached hydrogens (tertiary/aromatic N) is 1. The van der Waals surface area contributed by atoms with Crippen molar-refractivity contribution in [1.29, 1.82) is 5.26 Å². The number of amides is 1. The first-order valence-electron chi connectivity index (χ1n) is 10.8. The molecule has 0 unspecified atom stereocenters. The van der Waals surface area contributed by atoms with Crippen molar-refractivity contribution in [3.05, 3.63) is 59.2 Å². The van der Waals surface area contributed by atoms with Crippen LogP contribution in [0.4, 0.5) is 0 Å². The Kier molecular flexibility index (Phi) is 4.88. The summed E-state index contributed by atoms with van der Waals surface area (Å²) in [4.78, 5) is 24.4. The molecule has 2 aromatic carbocycles. The fraction of sp³-hybridized carbons (Fsp3) is 0.400. The molecule has 2 aromatic rings. The lowest BCUT2D eigenvalue weighted by Gasteiger charge is -2.23. The highest BCUT2D eigenvalue weighted by Gasteiger charge is 2.43. The van der Waals surface area contributed by atoms with Gasteiger partial charge in [0.05, 0.1) is 12.1 Å². The first kappa shape index (κ1) is 19.0.